The van der Waals surface area contributed by atoms with Crippen LogP contribution in [0.2, 0.25) is 0 Å². The summed E-state index contributed by atoms with van der Waals surface area (Å²) in [6.45, 7) is 4.52. The molecular formula is C15H20N2O. The summed E-state index contributed by atoms with van der Waals surface area (Å²) in [5, 5.41) is 12.3. The second-order valence-electron chi connectivity index (χ2n) is 5.88. The average molecular weight is 244 g/mol. The van der Waals surface area contributed by atoms with Gasteiger partial charge in [-0.3, -0.25) is 4.90 Å². The smallest absolute Gasteiger partial charge is 0.0599 e. The Bertz CT molecular complexity index is 457. The van der Waals surface area contributed by atoms with Crippen LogP contribution in [0.5, 0.6) is 0 Å². The second-order valence-corrected chi connectivity index (χ2v) is 5.88. The molecule has 96 valence electrons. The Morgan fingerprint density at radius 1 is 1.33 bits per heavy atom. The predicted molar refractivity (Wildman–Crippen MR) is 72.2 cm³/mol. The maximum atomic E-state index is 8.93. The Hall–Kier alpha value is -1.35. The van der Waals surface area contributed by atoms with Crippen molar-refractivity contribution in [1.29, 1.82) is 0 Å². The Labute approximate surface area is 108 Å². The molecule has 2 saturated heterocycles. The molecule has 0 aromatic heterocycles. The molecule has 2 unspecified atom stereocenters. The Balaban J connectivity index is 1.82. The van der Waals surface area contributed by atoms with E-state index >= 15 is 0 Å². The van der Waals surface area contributed by atoms with E-state index in [4.69, 9.17) is 5.21 Å². The van der Waals surface area contributed by atoms with Crippen LogP contribution < -0.4 is 0 Å². The van der Waals surface area contributed by atoms with Crippen molar-refractivity contribution >= 4 is 5.71 Å². The van der Waals surface area contributed by atoms with Crippen molar-refractivity contribution in [3.05, 3.63) is 35.9 Å². The van der Waals surface area contributed by atoms with Crippen LogP contribution in [-0.2, 0) is 5.41 Å². The third-order valence-corrected chi connectivity index (χ3v) is 4.53. The summed E-state index contributed by atoms with van der Waals surface area (Å²) in [5.41, 5.74) is 2.65. The van der Waals surface area contributed by atoms with Crippen LogP contribution in [0.15, 0.2) is 35.5 Å². The lowest BCUT2D eigenvalue weighted by atomic mass is 9.80. The molecule has 2 heterocycles. The minimum absolute atomic E-state index is 0.247. The lowest BCUT2D eigenvalue weighted by molar-refractivity contribution is 0.236. The highest BCUT2D eigenvalue weighted by atomic mass is 16.4. The van der Waals surface area contributed by atoms with E-state index in [0.717, 1.165) is 38.1 Å². The molecule has 3 nitrogen and oxygen atoms in total. The van der Waals surface area contributed by atoms with E-state index < -0.39 is 0 Å². The summed E-state index contributed by atoms with van der Waals surface area (Å²) < 4.78 is 0. The number of hydrogen-bond acceptors (Lipinski definition) is 3. The van der Waals surface area contributed by atoms with Gasteiger partial charge >= 0.3 is 0 Å². The van der Waals surface area contributed by atoms with E-state index in [2.05, 4.69) is 47.3 Å². The van der Waals surface area contributed by atoms with Crippen molar-refractivity contribution in [1.82, 2.24) is 4.90 Å². The van der Waals surface area contributed by atoms with E-state index in [-0.39, 0.29) is 5.41 Å². The summed E-state index contributed by atoms with van der Waals surface area (Å²) in [6.07, 6.45) is 3.01. The standard InChI is InChI=1S/C15H20N2O/c1-15(12-5-3-2-4-6-12)10-14-9-13(16-18)7-8-17(14)11-15/h2-6,14,18H,7-11H2,1H3/b16-13+. The molecule has 0 amide bonds. The van der Waals surface area contributed by atoms with Crippen LogP contribution in [-0.4, -0.2) is 35.0 Å². The zero-order valence-electron chi connectivity index (χ0n) is 10.8. The van der Waals surface area contributed by atoms with Gasteiger partial charge in [-0.1, -0.05) is 42.4 Å². The molecule has 0 bridgehead atoms. The molecule has 3 rings (SSSR count). The van der Waals surface area contributed by atoms with Gasteiger partial charge in [0.05, 0.1) is 5.71 Å². The first-order valence-corrected chi connectivity index (χ1v) is 6.71. The Morgan fingerprint density at radius 2 is 2.11 bits per heavy atom. The quantitative estimate of drug-likeness (QED) is 0.609. The van der Waals surface area contributed by atoms with Gasteiger partial charge in [0.25, 0.3) is 0 Å². The van der Waals surface area contributed by atoms with E-state index in [0.29, 0.717) is 6.04 Å². The number of fused-ring (bicyclic) bond motifs is 1. The van der Waals surface area contributed by atoms with Crippen molar-refractivity contribution in [2.24, 2.45) is 5.16 Å². The largest absolute Gasteiger partial charge is 0.411 e. The van der Waals surface area contributed by atoms with Gasteiger partial charge < -0.3 is 5.21 Å². The van der Waals surface area contributed by atoms with Crippen molar-refractivity contribution in [3.8, 4) is 0 Å². The lowest BCUT2D eigenvalue weighted by Gasteiger charge is -2.29. The van der Waals surface area contributed by atoms with Crippen LogP contribution in [0.4, 0.5) is 0 Å². The highest BCUT2D eigenvalue weighted by Gasteiger charge is 2.43. The maximum Gasteiger partial charge on any atom is 0.0599 e. The molecule has 1 aromatic rings. The molecule has 0 saturated carbocycles. The number of piperidine rings is 1. The molecule has 1 aromatic carbocycles. The van der Waals surface area contributed by atoms with Gasteiger partial charge in [-0.25, -0.2) is 0 Å². The Morgan fingerprint density at radius 3 is 2.83 bits per heavy atom. The summed E-state index contributed by atoms with van der Waals surface area (Å²) in [7, 11) is 0. The predicted octanol–water partition coefficient (Wildman–Crippen LogP) is 2.64. The fourth-order valence-electron chi connectivity index (χ4n) is 3.54. The second kappa shape index (κ2) is 4.39. The number of benzene rings is 1. The van der Waals surface area contributed by atoms with Gasteiger partial charge in [0.15, 0.2) is 0 Å². The minimum Gasteiger partial charge on any atom is -0.411 e. The van der Waals surface area contributed by atoms with Gasteiger partial charge in [0.2, 0.25) is 0 Å². The third kappa shape index (κ3) is 1.93. The van der Waals surface area contributed by atoms with Crippen molar-refractivity contribution < 1.29 is 5.21 Å². The molecule has 0 aliphatic carbocycles. The molecule has 2 atom stereocenters. The number of rotatable bonds is 1. The van der Waals surface area contributed by atoms with Crippen LogP contribution >= 0.6 is 0 Å². The molecule has 3 heteroatoms. The van der Waals surface area contributed by atoms with Gasteiger partial charge in [-0.15, -0.1) is 0 Å². The first-order chi connectivity index (χ1) is 8.71. The van der Waals surface area contributed by atoms with Gasteiger partial charge in [0.1, 0.15) is 0 Å². The molecular weight excluding hydrogens is 224 g/mol. The van der Waals surface area contributed by atoms with Crippen LogP contribution in [0.3, 0.4) is 0 Å². The maximum absolute atomic E-state index is 8.93. The number of oxime groups is 1. The molecule has 1 N–H and O–H groups in total. The fraction of sp³-hybridized carbons (Fsp3) is 0.533. The van der Waals surface area contributed by atoms with E-state index in [9.17, 15) is 0 Å². The minimum atomic E-state index is 0.247. The molecule has 2 aliphatic heterocycles. The van der Waals surface area contributed by atoms with E-state index in [1.54, 1.807) is 0 Å². The van der Waals surface area contributed by atoms with Gasteiger partial charge in [-0.05, 0) is 12.0 Å². The number of nitrogens with zero attached hydrogens (tertiary/aromatic N) is 2. The first kappa shape index (κ1) is 11.7. The van der Waals surface area contributed by atoms with Crippen LogP contribution in [0.1, 0.15) is 31.7 Å². The fourth-order valence-corrected chi connectivity index (χ4v) is 3.54. The SMILES string of the molecule is CC1(c2ccccc2)CC2C/C(=N/O)CCN2C1. The summed E-state index contributed by atoms with van der Waals surface area (Å²) in [6, 6.07) is 11.3. The summed E-state index contributed by atoms with van der Waals surface area (Å²) >= 11 is 0. The zero-order valence-corrected chi connectivity index (χ0v) is 10.8. The zero-order chi connectivity index (χ0) is 12.6. The van der Waals surface area contributed by atoms with Gasteiger partial charge in [-0.2, -0.15) is 0 Å². The van der Waals surface area contributed by atoms with Crippen molar-refractivity contribution in [2.45, 2.75) is 37.6 Å². The highest BCUT2D eigenvalue weighted by Crippen LogP contribution is 2.40. The average Bonchev–Trinajstić information content (AvgIpc) is 2.76. The first-order valence-electron chi connectivity index (χ1n) is 6.71. The monoisotopic (exact) mass is 244 g/mol. The van der Waals surface area contributed by atoms with E-state index in [1.807, 2.05) is 0 Å². The van der Waals surface area contributed by atoms with Crippen molar-refractivity contribution in [2.75, 3.05) is 13.1 Å². The van der Waals surface area contributed by atoms with E-state index in [1.165, 1.54) is 5.56 Å². The Kier molecular flexibility index (Phi) is 2.86. The molecule has 18 heavy (non-hydrogen) atoms. The van der Waals surface area contributed by atoms with Crippen LogP contribution in [0.25, 0.3) is 0 Å². The van der Waals surface area contributed by atoms with Gasteiger partial charge in [0, 0.05) is 37.4 Å². The highest BCUT2D eigenvalue weighted by molar-refractivity contribution is 5.85. The topological polar surface area (TPSA) is 35.8 Å². The number of hydrogen-bond donors (Lipinski definition) is 1. The summed E-state index contributed by atoms with van der Waals surface area (Å²) in [4.78, 5) is 2.56. The molecule has 2 aliphatic rings. The van der Waals surface area contributed by atoms with Crippen LogP contribution in [0, 0.1) is 0 Å². The summed E-state index contributed by atoms with van der Waals surface area (Å²) in [5.74, 6) is 0. The van der Waals surface area contributed by atoms with Crippen molar-refractivity contribution in [3.63, 3.8) is 0 Å². The third-order valence-electron chi connectivity index (χ3n) is 4.53. The molecule has 0 radical (unpaired) electrons. The molecule has 2 fully saturated rings. The normalized spacial score (nSPS) is 34.7. The molecule has 0 spiro atoms. The lowest BCUT2D eigenvalue weighted by Crippen LogP contribution is -2.38.